The molecule has 0 N–H and O–H groups in total. The maximum atomic E-state index is 11.2. The van der Waals surface area contributed by atoms with Gasteiger partial charge in [-0.3, -0.25) is 4.79 Å². The Kier molecular flexibility index (Phi) is 2.95. The first-order valence-electron chi connectivity index (χ1n) is 5.87. The van der Waals surface area contributed by atoms with Crippen LogP contribution in [0.1, 0.15) is 32.6 Å². The van der Waals surface area contributed by atoms with Crippen LogP contribution in [-0.2, 0) is 4.79 Å². The Bertz CT molecular complexity index is 290. The molecule has 1 aliphatic heterocycles. The fraction of sp³-hybridized carbons (Fsp3) is 0.833. The fourth-order valence-corrected chi connectivity index (χ4v) is 2.76. The number of amides is 1. The second-order valence-electron chi connectivity index (χ2n) is 4.86. The van der Waals surface area contributed by atoms with Crippen LogP contribution in [0.25, 0.3) is 0 Å². The quantitative estimate of drug-likeness (QED) is 0.691. The van der Waals surface area contributed by atoms with Gasteiger partial charge in [0.2, 0.25) is 5.91 Å². The highest BCUT2D eigenvalue weighted by atomic mass is 16.2. The van der Waals surface area contributed by atoms with Gasteiger partial charge in [0.05, 0.1) is 12.0 Å². The molecule has 1 amide bonds. The molecule has 0 radical (unpaired) electrons. The number of nitriles is 1. The Labute approximate surface area is 91.1 Å². The Balaban J connectivity index is 1.93. The maximum Gasteiger partial charge on any atom is 0.219 e. The Morgan fingerprint density at radius 2 is 2.13 bits per heavy atom. The van der Waals surface area contributed by atoms with Crippen LogP contribution in [0, 0.1) is 29.1 Å². The summed E-state index contributed by atoms with van der Waals surface area (Å²) in [6, 6.07) is 2.47. The summed E-state index contributed by atoms with van der Waals surface area (Å²) in [5.41, 5.74) is 0. The van der Waals surface area contributed by atoms with E-state index in [-0.39, 0.29) is 11.8 Å². The van der Waals surface area contributed by atoms with E-state index >= 15 is 0 Å². The van der Waals surface area contributed by atoms with Gasteiger partial charge in [-0.05, 0) is 31.1 Å². The summed E-state index contributed by atoms with van der Waals surface area (Å²) in [5.74, 6) is 1.40. The van der Waals surface area contributed by atoms with E-state index in [9.17, 15) is 10.1 Å². The zero-order chi connectivity index (χ0) is 10.8. The number of nitrogens with zero attached hydrogens (tertiary/aromatic N) is 2. The number of likely N-dealkylation sites (tertiary alicyclic amines) is 1. The predicted molar refractivity (Wildman–Crippen MR) is 56.8 cm³/mol. The topological polar surface area (TPSA) is 44.1 Å². The molecular weight excluding hydrogens is 188 g/mol. The van der Waals surface area contributed by atoms with Gasteiger partial charge in [0, 0.05) is 20.0 Å². The summed E-state index contributed by atoms with van der Waals surface area (Å²) >= 11 is 0. The SMILES string of the molecule is CC(=O)N1CCC(C(C#N)C2CCC2)C1. The van der Waals surface area contributed by atoms with Crippen molar-refractivity contribution in [2.75, 3.05) is 13.1 Å². The van der Waals surface area contributed by atoms with Crippen molar-refractivity contribution >= 4 is 5.91 Å². The van der Waals surface area contributed by atoms with Crippen LogP contribution >= 0.6 is 0 Å². The van der Waals surface area contributed by atoms with Crippen LogP contribution in [0.4, 0.5) is 0 Å². The van der Waals surface area contributed by atoms with Gasteiger partial charge in [0.25, 0.3) is 0 Å². The monoisotopic (exact) mass is 206 g/mol. The standard InChI is InChI=1S/C12H18N2O/c1-9(15)14-6-5-11(8-14)12(7-13)10-3-2-4-10/h10-12H,2-6,8H2,1H3. The summed E-state index contributed by atoms with van der Waals surface area (Å²) in [7, 11) is 0. The van der Waals surface area contributed by atoms with Gasteiger partial charge in [-0.15, -0.1) is 0 Å². The smallest absolute Gasteiger partial charge is 0.219 e. The highest BCUT2D eigenvalue weighted by Crippen LogP contribution is 2.39. The van der Waals surface area contributed by atoms with E-state index in [4.69, 9.17) is 0 Å². The first kappa shape index (κ1) is 10.5. The van der Waals surface area contributed by atoms with E-state index in [0.717, 1.165) is 19.5 Å². The lowest BCUT2D eigenvalue weighted by Crippen LogP contribution is -2.31. The third-order valence-electron chi connectivity index (χ3n) is 3.98. The molecule has 0 aromatic heterocycles. The van der Waals surface area contributed by atoms with Crippen LogP contribution < -0.4 is 0 Å². The lowest BCUT2D eigenvalue weighted by Gasteiger charge is -2.32. The first-order valence-corrected chi connectivity index (χ1v) is 5.87. The average Bonchev–Trinajstić information content (AvgIpc) is 2.59. The molecule has 2 fully saturated rings. The van der Waals surface area contributed by atoms with Gasteiger partial charge in [0.1, 0.15) is 0 Å². The van der Waals surface area contributed by atoms with Gasteiger partial charge >= 0.3 is 0 Å². The van der Waals surface area contributed by atoms with Crippen molar-refractivity contribution in [1.82, 2.24) is 4.90 Å². The third kappa shape index (κ3) is 1.99. The van der Waals surface area contributed by atoms with Crippen LogP contribution in [-0.4, -0.2) is 23.9 Å². The van der Waals surface area contributed by atoms with Crippen LogP contribution in [0.2, 0.25) is 0 Å². The van der Waals surface area contributed by atoms with E-state index in [1.165, 1.54) is 19.3 Å². The fourth-order valence-electron chi connectivity index (χ4n) is 2.76. The van der Waals surface area contributed by atoms with E-state index in [1.54, 1.807) is 6.92 Å². The first-order chi connectivity index (χ1) is 7.22. The zero-order valence-electron chi connectivity index (χ0n) is 9.28. The maximum absolute atomic E-state index is 11.2. The predicted octanol–water partition coefficient (Wildman–Crippen LogP) is 1.79. The van der Waals surface area contributed by atoms with Crippen LogP contribution in [0.3, 0.4) is 0 Å². The van der Waals surface area contributed by atoms with Gasteiger partial charge in [-0.2, -0.15) is 5.26 Å². The van der Waals surface area contributed by atoms with Crippen molar-refractivity contribution in [2.24, 2.45) is 17.8 Å². The molecule has 1 saturated heterocycles. The lowest BCUT2D eigenvalue weighted by molar-refractivity contribution is -0.128. The average molecular weight is 206 g/mol. The second-order valence-corrected chi connectivity index (χ2v) is 4.86. The molecule has 2 unspecified atom stereocenters. The molecule has 2 atom stereocenters. The summed E-state index contributed by atoms with van der Waals surface area (Å²) in [6.07, 6.45) is 4.74. The van der Waals surface area contributed by atoms with Crippen molar-refractivity contribution in [3.63, 3.8) is 0 Å². The molecule has 0 spiro atoms. The number of hydrogen-bond donors (Lipinski definition) is 0. The van der Waals surface area contributed by atoms with Crippen molar-refractivity contribution in [3.05, 3.63) is 0 Å². The van der Waals surface area contributed by atoms with E-state index in [0.29, 0.717) is 11.8 Å². The number of carbonyl (C=O) groups is 1. The van der Waals surface area contributed by atoms with Gasteiger partial charge in [0.15, 0.2) is 0 Å². The largest absolute Gasteiger partial charge is 0.343 e. The molecule has 0 aromatic rings. The highest BCUT2D eigenvalue weighted by Gasteiger charge is 2.37. The third-order valence-corrected chi connectivity index (χ3v) is 3.98. The van der Waals surface area contributed by atoms with Crippen LogP contribution in [0.5, 0.6) is 0 Å². The molecule has 3 nitrogen and oxygen atoms in total. The van der Waals surface area contributed by atoms with Gasteiger partial charge in [-0.25, -0.2) is 0 Å². The molecule has 15 heavy (non-hydrogen) atoms. The minimum Gasteiger partial charge on any atom is -0.343 e. The minimum absolute atomic E-state index is 0.155. The molecule has 0 bridgehead atoms. The number of hydrogen-bond acceptors (Lipinski definition) is 2. The molecule has 2 rings (SSSR count). The molecule has 1 saturated carbocycles. The molecule has 82 valence electrons. The van der Waals surface area contributed by atoms with E-state index < -0.39 is 0 Å². The summed E-state index contributed by atoms with van der Waals surface area (Å²) in [6.45, 7) is 3.28. The Morgan fingerprint density at radius 1 is 1.40 bits per heavy atom. The summed E-state index contributed by atoms with van der Waals surface area (Å²) in [4.78, 5) is 13.1. The van der Waals surface area contributed by atoms with Gasteiger partial charge in [-0.1, -0.05) is 6.42 Å². The molecule has 3 heteroatoms. The summed E-state index contributed by atoms with van der Waals surface area (Å²) < 4.78 is 0. The molecule has 1 heterocycles. The lowest BCUT2D eigenvalue weighted by atomic mass is 9.71. The minimum atomic E-state index is 0.155. The van der Waals surface area contributed by atoms with Crippen molar-refractivity contribution in [2.45, 2.75) is 32.6 Å². The molecule has 1 aliphatic carbocycles. The number of carbonyl (C=O) groups excluding carboxylic acids is 1. The Morgan fingerprint density at radius 3 is 2.53 bits per heavy atom. The Hall–Kier alpha value is -1.04. The van der Waals surface area contributed by atoms with Crippen molar-refractivity contribution in [3.8, 4) is 6.07 Å². The number of rotatable bonds is 2. The van der Waals surface area contributed by atoms with Crippen molar-refractivity contribution in [1.29, 1.82) is 5.26 Å². The van der Waals surface area contributed by atoms with E-state index in [1.807, 2.05) is 4.90 Å². The molecule has 0 aromatic carbocycles. The van der Waals surface area contributed by atoms with Gasteiger partial charge < -0.3 is 4.90 Å². The highest BCUT2D eigenvalue weighted by molar-refractivity contribution is 5.73. The van der Waals surface area contributed by atoms with Crippen molar-refractivity contribution < 1.29 is 4.79 Å². The summed E-state index contributed by atoms with van der Waals surface area (Å²) in [5, 5.41) is 9.19. The zero-order valence-corrected chi connectivity index (χ0v) is 9.28. The normalized spacial score (nSPS) is 28.3. The molecule has 2 aliphatic rings. The van der Waals surface area contributed by atoms with E-state index in [2.05, 4.69) is 6.07 Å². The van der Waals surface area contributed by atoms with Crippen LogP contribution in [0.15, 0.2) is 0 Å². The molecular formula is C12H18N2O. The second kappa shape index (κ2) is 4.22.